The minimum atomic E-state index is -0.665. The third kappa shape index (κ3) is 17.4. The van der Waals surface area contributed by atoms with Crippen molar-refractivity contribution < 1.29 is 33.2 Å². The molecule has 4 aromatic carbocycles. The minimum Gasteiger partial charge on any atom is -0.374 e. The Morgan fingerprint density at radius 2 is 0.807 bits per heavy atom. The van der Waals surface area contributed by atoms with E-state index in [1.54, 1.807) is 0 Å². The van der Waals surface area contributed by atoms with Gasteiger partial charge in [-0.15, -0.1) is 0 Å². The maximum atomic E-state index is 10.5. The molecule has 1 unspecified atom stereocenters. The molecule has 1 saturated heterocycles. The highest BCUT2D eigenvalue weighted by Gasteiger charge is 2.49. The highest BCUT2D eigenvalue weighted by Crippen LogP contribution is 2.32. The van der Waals surface area contributed by atoms with Crippen molar-refractivity contribution in [2.24, 2.45) is 0 Å². The molecule has 5 rings (SSSR count). The molecule has 0 aromatic heterocycles. The number of rotatable bonds is 30. The molecule has 0 amide bonds. The molecule has 0 spiro atoms. The summed E-state index contributed by atoms with van der Waals surface area (Å²) in [6.45, 7) is 2.53. The van der Waals surface area contributed by atoms with E-state index in [9.17, 15) is 4.79 Å². The SMILES string of the molecule is O=CCCCCCCCCCCCCCCCOC1O[C@H](COCc2ccccc2)[C@H](OCc2ccccc2)[C@H](OCc2ccccc2)[C@H]1OCc1ccccc1. The van der Waals surface area contributed by atoms with Crippen molar-refractivity contribution in [1.82, 2.24) is 0 Å². The molecule has 7 nitrogen and oxygen atoms in total. The average Bonchev–Trinajstić information content (AvgIpc) is 3.26. The molecule has 1 heterocycles. The van der Waals surface area contributed by atoms with Crippen LogP contribution in [0.5, 0.6) is 0 Å². The van der Waals surface area contributed by atoms with Gasteiger partial charge < -0.3 is 33.2 Å². The van der Waals surface area contributed by atoms with E-state index in [4.69, 9.17) is 28.4 Å². The number of carbonyl (C=O) groups is 1. The van der Waals surface area contributed by atoms with Crippen molar-refractivity contribution in [3.05, 3.63) is 144 Å². The number of unbranched alkanes of at least 4 members (excludes halogenated alkanes) is 13. The summed E-state index contributed by atoms with van der Waals surface area (Å²) in [5, 5.41) is 0. The van der Waals surface area contributed by atoms with Crippen LogP contribution in [0.15, 0.2) is 121 Å². The van der Waals surface area contributed by atoms with Gasteiger partial charge in [-0.2, -0.15) is 0 Å². The summed E-state index contributed by atoms with van der Waals surface area (Å²) in [7, 11) is 0. The maximum Gasteiger partial charge on any atom is 0.186 e. The van der Waals surface area contributed by atoms with Gasteiger partial charge >= 0.3 is 0 Å². The molecule has 0 saturated carbocycles. The monoisotopic (exact) mass is 778 g/mol. The lowest BCUT2D eigenvalue weighted by molar-refractivity contribution is -0.328. The van der Waals surface area contributed by atoms with Crippen molar-refractivity contribution in [3.63, 3.8) is 0 Å². The Labute approximate surface area is 342 Å². The van der Waals surface area contributed by atoms with E-state index in [0.29, 0.717) is 46.1 Å². The van der Waals surface area contributed by atoms with Gasteiger partial charge in [0.15, 0.2) is 6.29 Å². The fraction of sp³-hybridized carbons (Fsp3) is 0.500. The Kier molecular flexibility index (Phi) is 21.7. The van der Waals surface area contributed by atoms with Gasteiger partial charge in [0.1, 0.15) is 30.7 Å². The van der Waals surface area contributed by atoms with E-state index < -0.39 is 30.7 Å². The van der Waals surface area contributed by atoms with E-state index >= 15 is 0 Å². The van der Waals surface area contributed by atoms with Gasteiger partial charge in [-0.25, -0.2) is 0 Å². The Morgan fingerprint density at radius 1 is 0.421 bits per heavy atom. The van der Waals surface area contributed by atoms with Gasteiger partial charge in [-0.05, 0) is 35.1 Å². The predicted octanol–water partition coefficient (Wildman–Crippen LogP) is 11.4. The Hall–Kier alpha value is -3.69. The standard InChI is InChI=1S/C50H66O7/c51-35-25-11-9-7-5-3-1-2-4-6-8-10-12-26-36-53-50-49(56-40-45-33-23-16-24-34-45)48(55-39-44-31-21-15-22-32-44)47(54-38-43-29-19-14-20-30-43)46(57-50)41-52-37-42-27-17-13-18-28-42/h13-24,27-35,46-50H,1-12,25-26,36-41H2/t46-,47+,48+,49-,50?/m1/s1. The van der Waals surface area contributed by atoms with E-state index in [0.717, 1.165) is 47.8 Å². The second-order valence-electron chi connectivity index (χ2n) is 15.2. The zero-order chi connectivity index (χ0) is 39.4. The van der Waals surface area contributed by atoms with Crippen LogP contribution in [-0.2, 0) is 59.6 Å². The molecule has 1 fully saturated rings. The Morgan fingerprint density at radius 3 is 1.26 bits per heavy atom. The first-order valence-corrected chi connectivity index (χ1v) is 21.6. The summed E-state index contributed by atoms with van der Waals surface area (Å²) in [6.07, 6.45) is 15.0. The van der Waals surface area contributed by atoms with Gasteiger partial charge in [-0.1, -0.05) is 192 Å². The summed E-state index contributed by atoms with van der Waals surface area (Å²) in [5.41, 5.74) is 4.31. The number of benzene rings is 4. The zero-order valence-corrected chi connectivity index (χ0v) is 34.0. The molecular weight excluding hydrogens is 713 g/mol. The predicted molar refractivity (Wildman–Crippen MR) is 226 cm³/mol. The second kappa shape index (κ2) is 27.9. The summed E-state index contributed by atoms with van der Waals surface area (Å²) in [6, 6.07) is 40.9. The van der Waals surface area contributed by atoms with E-state index in [2.05, 4.69) is 48.5 Å². The fourth-order valence-corrected chi connectivity index (χ4v) is 7.36. The van der Waals surface area contributed by atoms with Crippen LogP contribution in [0, 0.1) is 0 Å². The summed E-state index contributed by atoms with van der Waals surface area (Å²) in [4.78, 5) is 10.5. The molecule has 57 heavy (non-hydrogen) atoms. The molecule has 4 aromatic rings. The van der Waals surface area contributed by atoms with Crippen LogP contribution in [0.1, 0.15) is 112 Å². The van der Waals surface area contributed by atoms with Gasteiger partial charge in [-0.3, -0.25) is 0 Å². The van der Waals surface area contributed by atoms with Crippen LogP contribution in [0.4, 0.5) is 0 Å². The van der Waals surface area contributed by atoms with E-state index in [1.807, 2.05) is 72.8 Å². The van der Waals surface area contributed by atoms with Crippen molar-refractivity contribution >= 4 is 6.29 Å². The van der Waals surface area contributed by atoms with Crippen molar-refractivity contribution in [1.29, 1.82) is 0 Å². The van der Waals surface area contributed by atoms with Gasteiger partial charge in [0.2, 0.25) is 0 Å². The molecule has 308 valence electrons. The summed E-state index contributed by atoms with van der Waals surface area (Å²) in [5.74, 6) is 0. The number of ether oxygens (including phenoxy) is 6. The number of hydrogen-bond acceptors (Lipinski definition) is 7. The van der Waals surface area contributed by atoms with Crippen LogP contribution in [0.2, 0.25) is 0 Å². The van der Waals surface area contributed by atoms with Crippen molar-refractivity contribution in [2.75, 3.05) is 13.2 Å². The minimum absolute atomic E-state index is 0.312. The Bertz CT molecular complexity index is 1560. The van der Waals surface area contributed by atoms with Gasteiger partial charge in [0.25, 0.3) is 0 Å². The third-order valence-electron chi connectivity index (χ3n) is 10.6. The molecular formula is C50H66O7. The lowest BCUT2D eigenvalue weighted by Crippen LogP contribution is -2.61. The first-order chi connectivity index (χ1) is 28.3. The quantitative estimate of drug-likeness (QED) is 0.0385. The highest BCUT2D eigenvalue weighted by molar-refractivity contribution is 5.48. The van der Waals surface area contributed by atoms with Crippen molar-refractivity contribution in [3.8, 4) is 0 Å². The first kappa shape index (κ1) is 44.4. The van der Waals surface area contributed by atoms with E-state index in [-0.39, 0.29) is 0 Å². The maximum absolute atomic E-state index is 10.5. The van der Waals surface area contributed by atoms with Crippen LogP contribution >= 0.6 is 0 Å². The van der Waals surface area contributed by atoms with Gasteiger partial charge in [0.05, 0.1) is 33.0 Å². The molecule has 1 aliphatic rings. The third-order valence-corrected chi connectivity index (χ3v) is 10.6. The number of carbonyl (C=O) groups excluding carboxylic acids is 1. The number of aldehydes is 1. The summed E-state index contributed by atoms with van der Waals surface area (Å²) >= 11 is 0. The summed E-state index contributed by atoms with van der Waals surface area (Å²) < 4.78 is 40.2. The molecule has 0 N–H and O–H groups in total. The van der Waals surface area contributed by atoms with Crippen LogP contribution in [-0.4, -0.2) is 50.2 Å². The smallest absolute Gasteiger partial charge is 0.186 e. The molecule has 0 aliphatic carbocycles. The van der Waals surface area contributed by atoms with Crippen LogP contribution in [0.25, 0.3) is 0 Å². The molecule has 0 bridgehead atoms. The van der Waals surface area contributed by atoms with Crippen molar-refractivity contribution in [2.45, 2.75) is 147 Å². The lowest BCUT2D eigenvalue weighted by Gasteiger charge is -2.46. The van der Waals surface area contributed by atoms with Crippen LogP contribution in [0.3, 0.4) is 0 Å². The lowest BCUT2D eigenvalue weighted by atomic mass is 9.97. The normalized spacial score (nSPS) is 19.4. The molecule has 0 radical (unpaired) electrons. The fourth-order valence-electron chi connectivity index (χ4n) is 7.36. The topological polar surface area (TPSA) is 72.5 Å². The zero-order valence-electron chi connectivity index (χ0n) is 34.0. The van der Waals surface area contributed by atoms with E-state index in [1.165, 1.54) is 64.2 Å². The first-order valence-electron chi connectivity index (χ1n) is 21.6. The number of hydrogen-bond donors (Lipinski definition) is 0. The highest BCUT2D eigenvalue weighted by atomic mass is 16.7. The molecule has 5 atom stereocenters. The second-order valence-corrected chi connectivity index (χ2v) is 15.2. The van der Waals surface area contributed by atoms with Gasteiger partial charge in [0, 0.05) is 13.0 Å². The van der Waals surface area contributed by atoms with Crippen LogP contribution < -0.4 is 0 Å². The Balaban J connectivity index is 1.21. The molecule has 7 heteroatoms. The average molecular weight is 779 g/mol. The largest absolute Gasteiger partial charge is 0.374 e. The molecule has 1 aliphatic heterocycles.